The van der Waals surface area contributed by atoms with Crippen LogP contribution in [0.3, 0.4) is 0 Å². The number of nitrogens with one attached hydrogen (secondary N) is 1. The lowest BCUT2D eigenvalue weighted by molar-refractivity contribution is 0.380. The molecule has 0 aliphatic carbocycles. The van der Waals surface area contributed by atoms with Crippen molar-refractivity contribution in [1.29, 1.82) is 0 Å². The van der Waals surface area contributed by atoms with E-state index in [9.17, 15) is 0 Å². The molecule has 4 nitrogen and oxygen atoms in total. The molecule has 0 saturated carbocycles. The molecule has 1 atom stereocenters. The Morgan fingerprint density at radius 2 is 2.00 bits per heavy atom. The molecule has 1 aromatic carbocycles. The van der Waals surface area contributed by atoms with Gasteiger partial charge in [0.25, 0.3) is 0 Å². The Bertz CT molecular complexity index is 590. The highest BCUT2D eigenvalue weighted by Gasteiger charge is 2.20. The number of methoxy groups -OCH3 is 2. The maximum atomic E-state index is 5.55. The van der Waals surface area contributed by atoms with Gasteiger partial charge in [0.2, 0.25) is 0 Å². The molecule has 5 heteroatoms. The van der Waals surface area contributed by atoms with Gasteiger partial charge in [0.05, 0.1) is 14.2 Å². The highest BCUT2D eigenvalue weighted by molar-refractivity contribution is 9.10. The van der Waals surface area contributed by atoms with Crippen LogP contribution >= 0.6 is 15.9 Å². The van der Waals surface area contributed by atoms with Gasteiger partial charge in [-0.05, 0) is 47.2 Å². The molecule has 1 heterocycles. The molecule has 0 aliphatic heterocycles. The van der Waals surface area contributed by atoms with Crippen molar-refractivity contribution in [1.82, 2.24) is 10.3 Å². The van der Waals surface area contributed by atoms with Crippen LogP contribution in [0, 0.1) is 0 Å². The summed E-state index contributed by atoms with van der Waals surface area (Å²) in [6.07, 6.45) is 2.59. The second-order valence-electron chi connectivity index (χ2n) is 4.57. The predicted octanol–water partition coefficient (Wildman–Crippen LogP) is 3.36. The molecule has 1 N–H and O–H groups in total. The zero-order chi connectivity index (χ0) is 15.2. The van der Waals surface area contributed by atoms with E-state index >= 15 is 0 Å². The molecule has 0 bridgehead atoms. The maximum absolute atomic E-state index is 5.55. The van der Waals surface area contributed by atoms with Gasteiger partial charge in [-0.25, -0.2) is 0 Å². The highest BCUT2D eigenvalue weighted by Crippen LogP contribution is 2.40. The molecule has 0 radical (unpaired) electrons. The number of ether oxygens (including phenoxy) is 2. The van der Waals surface area contributed by atoms with Crippen LogP contribution in [0.2, 0.25) is 0 Å². The molecule has 1 unspecified atom stereocenters. The second kappa shape index (κ2) is 7.43. The number of hydrogen-bond donors (Lipinski definition) is 1. The van der Waals surface area contributed by atoms with Gasteiger partial charge in [-0.2, -0.15) is 0 Å². The van der Waals surface area contributed by atoms with E-state index in [2.05, 4.69) is 26.2 Å². The zero-order valence-electron chi connectivity index (χ0n) is 12.4. The van der Waals surface area contributed by atoms with Gasteiger partial charge in [0.15, 0.2) is 0 Å². The van der Waals surface area contributed by atoms with Crippen molar-refractivity contribution >= 4 is 15.9 Å². The second-order valence-corrected chi connectivity index (χ2v) is 5.36. The summed E-state index contributed by atoms with van der Waals surface area (Å²) >= 11 is 3.54. The van der Waals surface area contributed by atoms with Gasteiger partial charge >= 0.3 is 0 Å². The highest BCUT2D eigenvalue weighted by atomic mass is 79.9. The van der Waals surface area contributed by atoms with E-state index in [4.69, 9.17) is 9.47 Å². The van der Waals surface area contributed by atoms with Crippen LogP contribution in [0.15, 0.2) is 41.0 Å². The Morgan fingerprint density at radius 3 is 2.57 bits per heavy atom. The van der Waals surface area contributed by atoms with E-state index in [1.165, 1.54) is 0 Å². The molecular formula is C16H19BrN2O2. The summed E-state index contributed by atoms with van der Waals surface area (Å²) in [6, 6.07) is 10.0. The fraction of sp³-hybridized carbons (Fsp3) is 0.312. The van der Waals surface area contributed by atoms with Crippen molar-refractivity contribution in [3.63, 3.8) is 0 Å². The number of aromatic nitrogens is 1. The van der Waals surface area contributed by atoms with Gasteiger partial charge < -0.3 is 14.8 Å². The molecule has 21 heavy (non-hydrogen) atoms. The van der Waals surface area contributed by atoms with Crippen molar-refractivity contribution in [2.75, 3.05) is 21.3 Å². The molecule has 2 aromatic rings. The lowest BCUT2D eigenvalue weighted by Gasteiger charge is -2.21. The van der Waals surface area contributed by atoms with E-state index in [1.807, 2.05) is 43.6 Å². The lowest BCUT2D eigenvalue weighted by atomic mass is 10.0. The molecule has 0 saturated heterocycles. The summed E-state index contributed by atoms with van der Waals surface area (Å²) in [6.45, 7) is 0. The van der Waals surface area contributed by atoms with Crippen LogP contribution in [0.4, 0.5) is 0 Å². The third kappa shape index (κ3) is 3.54. The lowest BCUT2D eigenvalue weighted by Crippen LogP contribution is -2.20. The first kappa shape index (κ1) is 15.8. The molecule has 0 amide bonds. The summed E-state index contributed by atoms with van der Waals surface area (Å²) in [5.41, 5.74) is 2.10. The van der Waals surface area contributed by atoms with Gasteiger partial charge in [-0.3, -0.25) is 4.98 Å². The van der Waals surface area contributed by atoms with E-state index in [-0.39, 0.29) is 6.04 Å². The van der Waals surface area contributed by atoms with Crippen LogP contribution in [-0.4, -0.2) is 26.3 Å². The predicted molar refractivity (Wildman–Crippen MR) is 87.0 cm³/mol. The summed E-state index contributed by atoms with van der Waals surface area (Å²) < 4.78 is 11.7. The summed E-state index contributed by atoms with van der Waals surface area (Å²) in [5.74, 6) is 1.54. The van der Waals surface area contributed by atoms with E-state index in [0.717, 1.165) is 33.6 Å². The van der Waals surface area contributed by atoms with Crippen molar-refractivity contribution in [3.05, 3.63) is 52.3 Å². The summed E-state index contributed by atoms with van der Waals surface area (Å²) in [7, 11) is 5.24. The molecule has 0 spiro atoms. The van der Waals surface area contributed by atoms with Crippen LogP contribution in [-0.2, 0) is 6.42 Å². The molecular weight excluding hydrogens is 332 g/mol. The minimum Gasteiger partial charge on any atom is -0.495 e. The monoisotopic (exact) mass is 350 g/mol. The van der Waals surface area contributed by atoms with Crippen molar-refractivity contribution < 1.29 is 9.47 Å². The number of benzene rings is 1. The minimum atomic E-state index is 0.108. The summed E-state index contributed by atoms with van der Waals surface area (Å²) in [4.78, 5) is 4.39. The Labute approximate surface area is 133 Å². The van der Waals surface area contributed by atoms with Crippen LogP contribution in [0.25, 0.3) is 0 Å². The van der Waals surface area contributed by atoms with Crippen molar-refractivity contribution in [3.8, 4) is 11.5 Å². The SMILES string of the molecule is CNC(Cc1ccccn1)c1ccc(OC)c(Br)c1OC. The Balaban J connectivity index is 2.36. The normalized spacial score (nSPS) is 12.0. The maximum Gasteiger partial charge on any atom is 0.141 e. The Kier molecular flexibility index (Phi) is 5.59. The topological polar surface area (TPSA) is 43.4 Å². The van der Waals surface area contributed by atoms with Crippen LogP contribution < -0.4 is 14.8 Å². The van der Waals surface area contributed by atoms with Gasteiger partial charge in [0.1, 0.15) is 16.0 Å². The van der Waals surface area contributed by atoms with E-state index in [0.29, 0.717) is 0 Å². The fourth-order valence-corrected chi connectivity index (χ4v) is 2.97. The largest absolute Gasteiger partial charge is 0.495 e. The number of pyridine rings is 1. The smallest absolute Gasteiger partial charge is 0.141 e. The van der Waals surface area contributed by atoms with Crippen molar-refractivity contribution in [2.24, 2.45) is 0 Å². The Hall–Kier alpha value is -1.59. The average molecular weight is 351 g/mol. The molecule has 1 aromatic heterocycles. The van der Waals surface area contributed by atoms with E-state index < -0.39 is 0 Å². The molecule has 2 rings (SSSR count). The number of hydrogen-bond acceptors (Lipinski definition) is 4. The molecule has 0 fully saturated rings. The minimum absolute atomic E-state index is 0.108. The number of likely N-dealkylation sites (N-methyl/N-ethyl adjacent to an activating group) is 1. The Morgan fingerprint density at radius 1 is 1.19 bits per heavy atom. The summed E-state index contributed by atoms with van der Waals surface area (Å²) in [5, 5.41) is 3.32. The van der Waals surface area contributed by atoms with Gasteiger partial charge in [-0.15, -0.1) is 0 Å². The first-order chi connectivity index (χ1) is 10.2. The quantitative estimate of drug-likeness (QED) is 0.867. The molecule has 112 valence electrons. The van der Waals surface area contributed by atoms with E-state index in [1.54, 1.807) is 14.2 Å². The van der Waals surface area contributed by atoms with Gasteiger partial charge in [0, 0.05) is 29.9 Å². The van der Waals surface area contributed by atoms with Crippen LogP contribution in [0.5, 0.6) is 11.5 Å². The first-order valence-corrected chi connectivity index (χ1v) is 7.48. The zero-order valence-corrected chi connectivity index (χ0v) is 14.0. The number of halogens is 1. The third-order valence-corrected chi connectivity index (χ3v) is 4.13. The molecule has 0 aliphatic rings. The third-order valence-electron chi connectivity index (χ3n) is 3.38. The average Bonchev–Trinajstić information content (AvgIpc) is 2.53. The number of rotatable bonds is 6. The standard InChI is InChI=1S/C16H19BrN2O2/c1-18-13(10-11-6-4-5-9-19-11)12-7-8-14(20-2)15(17)16(12)21-3/h4-9,13,18H,10H2,1-3H3. The number of nitrogens with zero attached hydrogens (tertiary/aromatic N) is 1. The van der Waals surface area contributed by atoms with Crippen molar-refractivity contribution in [2.45, 2.75) is 12.5 Å². The van der Waals surface area contributed by atoms with Gasteiger partial charge in [-0.1, -0.05) is 6.07 Å². The first-order valence-electron chi connectivity index (χ1n) is 6.68. The van der Waals surface area contributed by atoms with Crippen LogP contribution in [0.1, 0.15) is 17.3 Å². The fourth-order valence-electron chi connectivity index (χ4n) is 2.29.